The molecule has 8 nitrogen and oxygen atoms in total. The van der Waals surface area contributed by atoms with Crippen LogP contribution in [0.3, 0.4) is 0 Å². The van der Waals surface area contributed by atoms with E-state index in [0.29, 0.717) is 0 Å². The normalized spacial score (nSPS) is 21.1. The summed E-state index contributed by atoms with van der Waals surface area (Å²) in [6.45, 7) is -0.511. The maximum atomic E-state index is 14.1. The van der Waals surface area contributed by atoms with E-state index in [2.05, 4.69) is 15.0 Å². The van der Waals surface area contributed by atoms with Crippen LogP contribution >= 0.6 is 11.6 Å². The Bertz CT molecular complexity index is 1250. The van der Waals surface area contributed by atoms with Crippen LogP contribution in [0.5, 0.6) is 0 Å². The Morgan fingerprint density at radius 1 is 1.21 bits per heavy atom. The predicted molar refractivity (Wildman–Crippen MR) is 118 cm³/mol. The summed E-state index contributed by atoms with van der Waals surface area (Å²) in [6.07, 6.45) is -2.12. The Labute approximate surface area is 193 Å². The number of hydrogen-bond acceptors (Lipinski definition) is 5. The van der Waals surface area contributed by atoms with Gasteiger partial charge in [0, 0.05) is 18.5 Å². The molecule has 0 bridgehead atoms. The van der Waals surface area contributed by atoms with Crippen molar-refractivity contribution in [1.82, 2.24) is 10.2 Å². The topological polar surface area (TPSA) is 108 Å². The van der Waals surface area contributed by atoms with E-state index in [9.17, 15) is 26.8 Å². The molecular weight excluding hydrogens is 478 g/mol. The number of halogens is 3. The molecule has 2 aromatic rings. The predicted octanol–water partition coefficient (Wildman–Crippen LogP) is 2.64. The first-order valence-corrected chi connectivity index (χ1v) is 11.8. The molecule has 1 fully saturated rings. The second-order valence-corrected chi connectivity index (χ2v) is 9.62. The van der Waals surface area contributed by atoms with E-state index < -0.39 is 46.3 Å². The SMILES string of the molecule is O=C(NCc1cccc(Cl)c1F)[C@@H]1C[C@@H](F)CN1C(=O)CC1=NS(=O)(=O)c2ccccc2N1. The summed E-state index contributed by atoms with van der Waals surface area (Å²) in [4.78, 5) is 26.6. The minimum absolute atomic E-state index is 0.0169. The summed E-state index contributed by atoms with van der Waals surface area (Å²) in [5.41, 5.74) is 0.422. The van der Waals surface area contributed by atoms with Crippen molar-refractivity contribution in [3.8, 4) is 0 Å². The lowest BCUT2D eigenvalue weighted by atomic mass is 10.1. The number of alkyl halides is 1. The van der Waals surface area contributed by atoms with Gasteiger partial charge < -0.3 is 15.5 Å². The second kappa shape index (κ2) is 9.06. The average molecular weight is 497 g/mol. The first kappa shape index (κ1) is 23.1. The van der Waals surface area contributed by atoms with Gasteiger partial charge in [-0.05, 0) is 18.2 Å². The third-order valence-electron chi connectivity index (χ3n) is 5.35. The Balaban J connectivity index is 1.45. The van der Waals surface area contributed by atoms with Crippen molar-refractivity contribution < 1.29 is 26.8 Å². The van der Waals surface area contributed by atoms with Gasteiger partial charge in [0.1, 0.15) is 28.8 Å². The van der Waals surface area contributed by atoms with E-state index >= 15 is 0 Å². The zero-order valence-electron chi connectivity index (χ0n) is 17.1. The number of amides is 2. The van der Waals surface area contributed by atoms with E-state index in [1.165, 1.54) is 30.3 Å². The Morgan fingerprint density at radius 2 is 1.97 bits per heavy atom. The number of rotatable bonds is 5. The van der Waals surface area contributed by atoms with Crippen LogP contribution in [0.1, 0.15) is 18.4 Å². The summed E-state index contributed by atoms with van der Waals surface area (Å²) in [5, 5.41) is 5.20. The quantitative estimate of drug-likeness (QED) is 0.661. The number of hydrogen-bond donors (Lipinski definition) is 2. The number of likely N-dealkylation sites (tertiary alicyclic amines) is 1. The lowest BCUT2D eigenvalue weighted by molar-refractivity contribution is -0.137. The largest absolute Gasteiger partial charge is 0.350 e. The van der Waals surface area contributed by atoms with Crippen LogP contribution in [-0.2, 0) is 26.2 Å². The van der Waals surface area contributed by atoms with Crippen LogP contribution in [0.25, 0.3) is 0 Å². The monoisotopic (exact) mass is 496 g/mol. The highest BCUT2D eigenvalue weighted by molar-refractivity contribution is 7.90. The fourth-order valence-electron chi connectivity index (χ4n) is 3.78. The molecular formula is C21H19ClF2N4O4S. The van der Waals surface area contributed by atoms with Crippen molar-refractivity contribution in [2.75, 3.05) is 11.9 Å². The zero-order valence-corrected chi connectivity index (χ0v) is 18.7. The molecule has 0 spiro atoms. The number of para-hydroxylation sites is 1. The third-order valence-corrected chi connectivity index (χ3v) is 7.02. The van der Waals surface area contributed by atoms with E-state index in [4.69, 9.17) is 11.6 Å². The third kappa shape index (κ3) is 4.83. The molecule has 2 aliphatic rings. The summed E-state index contributed by atoms with van der Waals surface area (Å²) in [7, 11) is -3.99. The van der Waals surface area contributed by atoms with Gasteiger partial charge in [0.25, 0.3) is 10.0 Å². The van der Waals surface area contributed by atoms with Gasteiger partial charge in [0.2, 0.25) is 11.8 Å². The maximum Gasteiger partial charge on any atom is 0.286 e. The van der Waals surface area contributed by atoms with Crippen molar-refractivity contribution in [1.29, 1.82) is 0 Å². The number of carbonyl (C=O) groups excluding carboxylic acids is 2. The van der Waals surface area contributed by atoms with E-state index in [1.54, 1.807) is 12.1 Å². The van der Waals surface area contributed by atoms with Gasteiger partial charge in [0.05, 0.1) is 23.7 Å². The fourth-order valence-corrected chi connectivity index (χ4v) is 5.12. The molecule has 0 saturated carbocycles. The molecule has 12 heteroatoms. The second-order valence-electron chi connectivity index (χ2n) is 7.64. The molecule has 1 saturated heterocycles. The lowest BCUT2D eigenvalue weighted by Crippen LogP contribution is -2.46. The molecule has 174 valence electrons. The number of sulfonamides is 1. The van der Waals surface area contributed by atoms with Crippen LogP contribution in [-0.4, -0.2) is 49.7 Å². The van der Waals surface area contributed by atoms with Crippen LogP contribution in [0.4, 0.5) is 14.5 Å². The molecule has 33 heavy (non-hydrogen) atoms. The number of nitrogens with zero attached hydrogens (tertiary/aromatic N) is 2. The number of fused-ring (bicyclic) bond motifs is 1. The van der Waals surface area contributed by atoms with Crippen molar-refractivity contribution in [3.05, 3.63) is 58.9 Å². The summed E-state index contributed by atoms with van der Waals surface area (Å²) >= 11 is 5.73. The van der Waals surface area contributed by atoms with Crippen molar-refractivity contribution in [3.63, 3.8) is 0 Å². The van der Waals surface area contributed by atoms with Gasteiger partial charge >= 0.3 is 0 Å². The minimum atomic E-state index is -3.99. The summed E-state index contributed by atoms with van der Waals surface area (Å²) in [6, 6.07) is 9.32. The Hall–Kier alpha value is -3.05. The van der Waals surface area contributed by atoms with Gasteiger partial charge in [-0.25, -0.2) is 8.78 Å². The highest BCUT2D eigenvalue weighted by Gasteiger charge is 2.40. The van der Waals surface area contributed by atoms with Crippen molar-refractivity contribution >= 4 is 45.0 Å². The first-order chi connectivity index (χ1) is 15.7. The Kier molecular flexibility index (Phi) is 6.35. The molecule has 0 radical (unpaired) electrons. The molecule has 2 amide bonds. The number of benzene rings is 2. The zero-order chi connectivity index (χ0) is 23.8. The molecule has 2 N–H and O–H groups in total. The number of anilines is 1. The van der Waals surface area contributed by atoms with E-state index in [-0.39, 0.29) is 46.5 Å². The van der Waals surface area contributed by atoms with Gasteiger partial charge in [-0.2, -0.15) is 8.42 Å². The molecule has 2 aromatic carbocycles. The molecule has 4 rings (SSSR count). The number of nitrogens with one attached hydrogen (secondary N) is 2. The Morgan fingerprint density at radius 3 is 2.76 bits per heavy atom. The molecule has 2 heterocycles. The van der Waals surface area contributed by atoms with Crippen LogP contribution in [0.2, 0.25) is 5.02 Å². The van der Waals surface area contributed by atoms with Crippen molar-refractivity contribution in [2.45, 2.75) is 36.5 Å². The van der Waals surface area contributed by atoms with E-state index in [1.807, 2.05) is 0 Å². The van der Waals surface area contributed by atoms with Crippen molar-refractivity contribution in [2.24, 2.45) is 4.40 Å². The molecule has 2 atom stereocenters. The minimum Gasteiger partial charge on any atom is -0.350 e. The number of carbonyl (C=O) groups is 2. The highest BCUT2D eigenvalue weighted by Crippen LogP contribution is 2.28. The maximum absolute atomic E-state index is 14.1. The highest BCUT2D eigenvalue weighted by atomic mass is 35.5. The fraction of sp³-hybridized carbons (Fsp3) is 0.286. The first-order valence-electron chi connectivity index (χ1n) is 10.00. The van der Waals surface area contributed by atoms with Gasteiger partial charge in [-0.3, -0.25) is 9.59 Å². The van der Waals surface area contributed by atoms with Crippen LogP contribution < -0.4 is 10.6 Å². The standard InChI is InChI=1S/C21H19ClF2N4O4S/c22-14-5-3-4-12(20(14)24)10-25-21(30)16-8-13(23)11-28(16)19(29)9-18-26-15-6-1-2-7-17(15)33(31,32)27-18/h1-7,13,16H,8-11H2,(H,25,30)(H,26,27)/t13-,16+/m1/s1. The van der Waals surface area contributed by atoms with Crippen LogP contribution in [0.15, 0.2) is 51.8 Å². The average Bonchev–Trinajstić information content (AvgIpc) is 3.16. The molecule has 0 unspecified atom stereocenters. The lowest BCUT2D eigenvalue weighted by Gasteiger charge is -2.25. The molecule has 0 aliphatic carbocycles. The molecule has 2 aliphatic heterocycles. The van der Waals surface area contributed by atoms with Gasteiger partial charge in [-0.1, -0.05) is 35.9 Å². The molecule has 0 aromatic heterocycles. The van der Waals surface area contributed by atoms with Gasteiger partial charge in [0.15, 0.2) is 0 Å². The van der Waals surface area contributed by atoms with E-state index in [0.717, 1.165) is 4.90 Å². The number of amidine groups is 1. The van der Waals surface area contributed by atoms with Crippen LogP contribution in [0, 0.1) is 5.82 Å². The smallest absolute Gasteiger partial charge is 0.286 e. The summed E-state index contributed by atoms with van der Waals surface area (Å²) in [5.74, 6) is -2.12. The summed E-state index contributed by atoms with van der Waals surface area (Å²) < 4.78 is 56.5. The van der Waals surface area contributed by atoms with Gasteiger partial charge in [-0.15, -0.1) is 4.40 Å².